The fourth-order valence-corrected chi connectivity index (χ4v) is 5.38. The molecule has 2 aliphatic rings. The highest BCUT2D eigenvalue weighted by Gasteiger charge is 2.36. The molecule has 224 valence electrons. The first-order valence-corrected chi connectivity index (χ1v) is 14.2. The topological polar surface area (TPSA) is 81.5 Å². The molecule has 3 aromatic rings. The molecular formula is C30H32ClF3N4O4. The van der Waals surface area contributed by atoms with Crippen LogP contribution < -0.4 is 19.9 Å². The van der Waals surface area contributed by atoms with E-state index in [-0.39, 0.29) is 36.5 Å². The van der Waals surface area contributed by atoms with Crippen molar-refractivity contribution in [2.75, 3.05) is 51.2 Å². The molecule has 0 aliphatic carbocycles. The Bertz CT molecular complexity index is 1400. The van der Waals surface area contributed by atoms with Crippen molar-refractivity contribution in [1.82, 2.24) is 9.80 Å². The lowest BCUT2D eigenvalue weighted by Crippen LogP contribution is -3.01. The van der Waals surface area contributed by atoms with Gasteiger partial charge in [-0.05, 0) is 67.1 Å². The zero-order chi connectivity index (χ0) is 29.9. The van der Waals surface area contributed by atoms with Crippen LogP contribution in [0.5, 0.6) is 11.5 Å². The highest BCUT2D eigenvalue weighted by atomic mass is 35.5. The van der Waals surface area contributed by atoms with Crippen LogP contribution in [0.2, 0.25) is 5.02 Å². The van der Waals surface area contributed by atoms with Gasteiger partial charge in [0.2, 0.25) is 0 Å². The summed E-state index contributed by atoms with van der Waals surface area (Å²) in [5.74, 6) is 1.23. The van der Waals surface area contributed by atoms with Gasteiger partial charge < -0.3 is 30.0 Å². The Morgan fingerprint density at radius 1 is 1.07 bits per heavy atom. The number of fused-ring (bicyclic) bond motifs is 1. The second-order valence-corrected chi connectivity index (χ2v) is 10.8. The molecule has 0 radical (unpaired) electrons. The van der Waals surface area contributed by atoms with Crippen molar-refractivity contribution in [3.63, 3.8) is 0 Å². The van der Waals surface area contributed by atoms with Crippen LogP contribution in [0.15, 0.2) is 60.7 Å². The van der Waals surface area contributed by atoms with Crippen LogP contribution in [0.25, 0.3) is 0 Å². The molecule has 42 heavy (non-hydrogen) atoms. The van der Waals surface area contributed by atoms with E-state index in [1.54, 1.807) is 29.2 Å². The molecule has 0 bridgehead atoms. The summed E-state index contributed by atoms with van der Waals surface area (Å²) in [6, 6.07) is 15.8. The molecule has 3 aromatic carbocycles. The summed E-state index contributed by atoms with van der Waals surface area (Å²) in [6.07, 6.45) is -3.77. The number of hydrogen-bond donors (Lipinski definition) is 2. The van der Waals surface area contributed by atoms with Gasteiger partial charge in [0.15, 0.2) is 6.61 Å². The Balaban J connectivity index is 1.07. The number of benzene rings is 3. The highest BCUT2D eigenvalue weighted by Crippen LogP contribution is 2.36. The van der Waals surface area contributed by atoms with Crippen molar-refractivity contribution >= 4 is 34.6 Å². The van der Waals surface area contributed by atoms with Crippen LogP contribution in [-0.2, 0) is 17.4 Å². The monoisotopic (exact) mass is 604 g/mol. The lowest BCUT2D eigenvalue weighted by atomic mass is 10.1. The van der Waals surface area contributed by atoms with E-state index in [4.69, 9.17) is 21.1 Å². The quantitative estimate of drug-likeness (QED) is 0.346. The predicted octanol–water partition coefficient (Wildman–Crippen LogP) is 4.66. The first kappa shape index (κ1) is 30.0. The van der Waals surface area contributed by atoms with Gasteiger partial charge >= 0.3 is 6.18 Å². The molecule has 8 nitrogen and oxygen atoms in total. The Morgan fingerprint density at radius 3 is 2.48 bits per heavy atom. The number of alkyl halides is 3. The number of anilines is 2. The van der Waals surface area contributed by atoms with E-state index in [1.807, 2.05) is 18.2 Å². The van der Waals surface area contributed by atoms with Crippen LogP contribution in [0.4, 0.5) is 30.2 Å². The van der Waals surface area contributed by atoms with Gasteiger partial charge in [0, 0.05) is 61.6 Å². The summed E-state index contributed by atoms with van der Waals surface area (Å²) in [5, 5.41) is 15.0. The molecule has 2 atom stereocenters. The van der Waals surface area contributed by atoms with E-state index in [1.165, 1.54) is 19.1 Å². The molecule has 0 aromatic heterocycles. The second kappa shape index (κ2) is 12.8. The Kier molecular flexibility index (Phi) is 9.12. The minimum absolute atomic E-state index is 0.0160. The van der Waals surface area contributed by atoms with Crippen molar-refractivity contribution in [1.29, 1.82) is 0 Å². The number of quaternary nitrogens is 1. The van der Waals surface area contributed by atoms with E-state index in [2.05, 4.69) is 10.2 Å². The first-order valence-electron chi connectivity index (χ1n) is 13.8. The fourth-order valence-electron chi connectivity index (χ4n) is 5.19. The van der Waals surface area contributed by atoms with Gasteiger partial charge in [-0.15, -0.1) is 0 Å². The smallest absolute Gasteiger partial charge is 0.422 e. The number of hydroxylamine groups is 1. The molecule has 1 saturated heterocycles. The number of amides is 1. The average molecular weight is 605 g/mol. The van der Waals surface area contributed by atoms with Crippen molar-refractivity contribution in [2.24, 2.45) is 0 Å². The summed E-state index contributed by atoms with van der Waals surface area (Å²) in [4.78, 5) is 16.8. The Morgan fingerprint density at radius 2 is 1.79 bits per heavy atom. The van der Waals surface area contributed by atoms with Crippen molar-refractivity contribution < 1.29 is 32.5 Å². The summed E-state index contributed by atoms with van der Waals surface area (Å²) in [6.45, 7) is 4.85. The lowest BCUT2D eigenvalue weighted by Gasteiger charge is -2.35. The molecule has 1 fully saturated rings. The van der Waals surface area contributed by atoms with Crippen LogP contribution in [0, 0.1) is 5.21 Å². The van der Waals surface area contributed by atoms with E-state index in [0.717, 1.165) is 43.4 Å². The van der Waals surface area contributed by atoms with Crippen LogP contribution in [0.3, 0.4) is 0 Å². The second-order valence-electron chi connectivity index (χ2n) is 10.4. The number of rotatable bonds is 9. The largest absolute Gasteiger partial charge is 0.629 e. The third kappa shape index (κ3) is 7.27. The maximum Gasteiger partial charge on any atom is 0.422 e. The number of ether oxygens (including phenoxy) is 2. The number of nitrogens with one attached hydrogen (secondary N) is 2. The average Bonchev–Trinajstić information content (AvgIpc) is 3.37. The number of carbonyl (C=O) groups is 1. The normalized spacial score (nSPS) is 17.9. The molecule has 5 rings (SSSR count). The summed E-state index contributed by atoms with van der Waals surface area (Å²) in [5.41, 5.74) is 0.541. The lowest BCUT2D eigenvalue weighted by molar-refractivity contribution is -0.774. The van der Waals surface area contributed by atoms with Gasteiger partial charge in [-0.1, -0.05) is 11.6 Å². The summed E-state index contributed by atoms with van der Waals surface area (Å²) >= 11 is 6.09. The van der Waals surface area contributed by atoms with E-state index in [9.17, 15) is 23.2 Å². The van der Waals surface area contributed by atoms with Gasteiger partial charge in [-0.25, -0.2) is 0 Å². The van der Waals surface area contributed by atoms with Gasteiger partial charge in [0.25, 0.3) is 5.91 Å². The standard InChI is InChI=1S/C30H32ClF3N4O4/c1-2-38(40)27-9-6-23(17-26(27)30(32,33)34)35-22-4-7-24(8-5-22)41-19-29(39)37-13-11-36(12-14-37)18-25-16-20-15-21(31)3-10-28(20)42-25/h3-10,15,17,25,35,38H,2,11-14,16,18-19H2,1H3. The molecule has 0 spiro atoms. The summed E-state index contributed by atoms with van der Waals surface area (Å²) in [7, 11) is 0. The zero-order valence-corrected chi connectivity index (χ0v) is 23.8. The number of hydrogen-bond acceptors (Lipinski definition) is 6. The van der Waals surface area contributed by atoms with Crippen molar-refractivity contribution in [3.05, 3.63) is 82.0 Å². The Hall–Kier alpha value is -3.51. The SMILES string of the molecule is CC[NH+]([O-])c1ccc(Nc2ccc(OCC(=O)N3CCN(CC4Cc5cc(Cl)ccc5O4)CC3)cc2)cc1C(F)(F)F. The summed E-state index contributed by atoms with van der Waals surface area (Å²) < 4.78 is 52.3. The molecule has 0 saturated carbocycles. The van der Waals surface area contributed by atoms with Gasteiger partial charge in [0.1, 0.15) is 28.9 Å². The van der Waals surface area contributed by atoms with E-state index in [0.29, 0.717) is 29.5 Å². The molecule has 2 N–H and O–H groups in total. The number of nitrogens with zero attached hydrogens (tertiary/aromatic N) is 2. The fraction of sp³-hybridized carbons (Fsp3) is 0.367. The van der Waals surface area contributed by atoms with Gasteiger partial charge in [-0.3, -0.25) is 9.69 Å². The van der Waals surface area contributed by atoms with Gasteiger partial charge in [0.05, 0.1) is 6.54 Å². The maximum absolute atomic E-state index is 13.5. The van der Waals surface area contributed by atoms with Crippen molar-refractivity contribution in [3.8, 4) is 11.5 Å². The van der Waals surface area contributed by atoms with Crippen molar-refractivity contribution in [2.45, 2.75) is 25.6 Å². The van der Waals surface area contributed by atoms with Crippen LogP contribution >= 0.6 is 11.6 Å². The number of carbonyl (C=O) groups excluding carboxylic acids is 1. The highest BCUT2D eigenvalue weighted by molar-refractivity contribution is 6.30. The third-order valence-electron chi connectivity index (χ3n) is 7.40. The Labute approximate surface area is 247 Å². The van der Waals surface area contributed by atoms with Gasteiger partial charge in [-0.2, -0.15) is 13.2 Å². The predicted molar refractivity (Wildman–Crippen MR) is 154 cm³/mol. The van der Waals surface area contributed by atoms with E-state index >= 15 is 0 Å². The molecule has 2 heterocycles. The molecule has 12 heteroatoms. The number of halogens is 4. The minimum atomic E-state index is -4.65. The minimum Gasteiger partial charge on any atom is -0.629 e. The first-order chi connectivity index (χ1) is 20.1. The molecule has 2 unspecified atom stereocenters. The molecule has 2 aliphatic heterocycles. The maximum atomic E-state index is 13.5. The molecular weight excluding hydrogens is 573 g/mol. The van der Waals surface area contributed by atoms with E-state index < -0.39 is 16.8 Å². The molecule has 1 amide bonds. The third-order valence-corrected chi connectivity index (χ3v) is 7.64. The van der Waals surface area contributed by atoms with Crippen LogP contribution in [-0.4, -0.2) is 67.7 Å². The zero-order valence-electron chi connectivity index (χ0n) is 23.0. The number of piperazine rings is 1. The van der Waals surface area contributed by atoms with Crippen LogP contribution in [0.1, 0.15) is 18.1 Å².